The molecule has 0 amide bonds. The van der Waals surface area contributed by atoms with Crippen molar-refractivity contribution in [3.8, 4) is 5.69 Å². The molecule has 1 unspecified atom stereocenters. The third kappa shape index (κ3) is 2.58. The molecule has 1 aliphatic rings. The van der Waals surface area contributed by atoms with Crippen molar-refractivity contribution >= 4 is 0 Å². The van der Waals surface area contributed by atoms with E-state index in [9.17, 15) is 4.39 Å². The molecule has 0 saturated carbocycles. The van der Waals surface area contributed by atoms with Crippen molar-refractivity contribution in [3.63, 3.8) is 0 Å². The van der Waals surface area contributed by atoms with Crippen molar-refractivity contribution in [1.29, 1.82) is 0 Å². The van der Waals surface area contributed by atoms with Gasteiger partial charge in [0, 0.05) is 12.5 Å². The lowest BCUT2D eigenvalue weighted by Crippen LogP contribution is -2.32. The molecule has 2 aromatic rings. The van der Waals surface area contributed by atoms with Gasteiger partial charge in [0.2, 0.25) is 0 Å². The standard InChI is InChI=1S/C15H19FN4/c1-11-17-15(12-5-4-8-19(2)10-12)20(18-11)14-7-3-6-13(16)9-14/h3,6-7,9,12H,4-5,8,10H2,1-2H3. The first-order chi connectivity index (χ1) is 9.63. The van der Waals surface area contributed by atoms with E-state index in [0.717, 1.165) is 43.3 Å². The fourth-order valence-corrected chi connectivity index (χ4v) is 2.87. The first-order valence-corrected chi connectivity index (χ1v) is 7.01. The minimum atomic E-state index is -0.248. The van der Waals surface area contributed by atoms with Gasteiger partial charge in [0.25, 0.3) is 0 Å². The van der Waals surface area contributed by atoms with E-state index in [1.54, 1.807) is 10.7 Å². The average Bonchev–Trinajstić information content (AvgIpc) is 2.81. The molecule has 0 radical (unpaired) electrons. The number of halogens is 1. The van der Waals surface area contributed by atoms with Gasteiger partial charge in [-0.05, 0) is 51.6 Å². The van der Waals surface area contributed by atoms with Crippen LogP contribution >= 0.6 is 0 Å². The van der Waals surface area contributed by atoms with Crippen LogP contribution in [0.2, 0.25) is 0 Å². The topological polar surface area (TPSA) is 34.0 Å². The van der Waals surface area contributed by atoms with E-state index >= 15 is 0 Å². The predicted molar refractivity (Wildman–Crippen MR) is 75.5 cm³/mol. The van der Waals surface area contributed by atoms with Crippen LogP contribution in [0.5, 0.6) is 0 Å². The number of likely N-dealkylation sites (tertiary alicyclic amines) is 1. The summed E-state index contributed by atoms with van der Waals surface area (Å²) in [4.78, 5) is 6.89. The van der Waals surface area contributed by atoms with E-state index in [-0.39, 0.29) is 5.82 Å². The highest BCUT2D eigenvalue weighted by Gasteiger charge is 2.24. The average molecular weight is 274 g/mol. The first-order valence-electron chi connectivity index (χ1n) is 7.01. The monoisotopic (exact) mass is 274 g/mol. The van der Waals surface area contributed by atoms with Crippen LogP contribution in [0.15, 0.2) is 24.3 Å². The van der Waals surface area contributed by atoms with Crippen molar-refractivity contribution < 1.29 is 4.39 Å². The molecule has 0 aliphatic carbocycles. The number of hydrogen-bond acceptors (Lipinski definition) is 3. The number of hydrogen-bond donors (Lipinski definition) is 0. The first kappa shape index (κ1) is 13.2. The summed E-state index contributed by atoms with van der Waals surface area (Å²) in [5.41, 5.74) is 0.744. The maximum Gasteiger partial charge on any atom is 0.148 e. The minimum Gasteiger partial charge on any atom is -0.306 e. The van der Waals surface area contributed by atoms with Gasteiger partial charge in [-0.1, -0.05) is 6.07 Å². The summed E-state index contributed by atoms with van der Waals surface area (Å²) < 4.78 is 15.2. The van der Waals surface area contributed by atoms with Crippen LogP contribution in [-0.2, 0) is 0 Å². The van der Waals surface area contributed by atoms with Crippen molar-refractivity contribution in [3.05, 3.63) is 41.7 Å². The summed E-state index contributed by atoms with van der Waals surface area (Å²) >= 11 is 0. The molecular weight excluding hydrogens is 255 g/mol. The van der Waals surface area contributed by atoms with Gasteiger partial charge in [0.1, 0.15) is 17.5 Å². The Morgan fingerprint density at radius 3 is 2.95 bits per heavy atom. The van der Waals surface area contributed by atoms with Crippen molar-refractivity contribution in [1.82, 2.24) is 19.7 Å². The van der Waals surface area contributed by atoms with E-state index in [2.05, 4.69) is 22.0 Å². The molecule has 1 saturated heterocycles. The second-order valence-corrected chi connectivity index (χ2v) is 5.51. The minimum absolute atomic E-state index is 0.248. The second-order valence-electron chi connectivity index (χ2n) is 5.51. The molecule has 0 N–H and O–H groups in total. The molecule has 106 valence electrons. The van der Waals surface area contributed by atoms with Gasteiger partial charge in [-0.25, -0.2) is 14.1 Å². The molecule has 1 aromatic carbocycles. The maximum atomic E-state index is 13.4. The Kier molecular flexibility index (Phi) is 3.53. The summed E-state index contributed by atoms with van der Waals surface area (Å²) in [6.45, 7) is 3.99. The van der Waals surface area contributed by atoms with Gasteiger partial charge in [-0.2, -0.15) is 5.10 Å². The predicted octanol–water partition coefficient (Wildman–Crippen LogP) is 2.52. The number of likely N-dealkylation sites (N-methyl/N-ethyl adjacent to an activating group) is 1. The van der Waals surface area contributed by atoms with Crippen LogP contribution in [0, 0.1) is 12.7 Å². The Hall–Kier alpha value is -1.75. The third-order valence-electron chi connectivity index (χ3n) is 3.78. The summed E-state index contributed by atoms with van der Waals surface area (Å²) in [6.07, 6.45) is 2.27. The second kappa shape index (κ2) is 5.32. The number of piperidine rings is 1. The summed E-state index contributed by atoms with van der Waals surface area (Å²) in [5.74, 6) is 1.79. The van der Waals surface area contributed by atoms with Crippen LogP contribution in [0.25, 0.3) is 5.69 Å². The van der Waals surface area contributed by atoms with Crippen molar-refractivity contribution in [2.75, 3.05) is 20.1 Å². The number of rotatable bonds is 2. The van der Waals surface area contributed by atoms with Gasteiger partial charge in [-0.15, -0.1) is 0 Å². The van der Waals surface area contributed by atoms with E-state index < -0.39 is 0 Å². The lowest BCUT2D eigenvalue weighted by molar-refractivity contribution is 0.244. The molecule has 1 aliphatic heterocycles. The highest BCUT2D eigenvalue weighted by Crippen LogP contribution is 2.26. The molecular formula is C15H19FN4. The van der Waals surface area contributed by atoms with Crippen LogP contribution in [0.4, 0.5) is 4.39 Å². The Bertz CT molecular complexity index is 608. The van der Waals surface area contributed by atoms with Crippen molar-refractivity contribution in [2.45, 2.75) is 25.7 Å². The molecule has 1 aromatic heterocycles. The zero-order chi connectivity index (χ0) is 14.1. The zero-order valence-electron chi connectivity index (χ0n) is 11.9. The van der Waals surface area contributed by atoms with Crippen LogP contribution in [0.1, 0.15) is 30.4 Å². The highest BCUT2D eigenvalue weighted by atomic mass is 19.1. The number of benzene rings is 1. The Labute approximate surface area is 118 Å². The molecule has 0 spiro atoms. The fourth-order valence-electron chi connectivity index (χ4n) is 2.87. The molecule has 1 atom stereocenters. The van der Waals surface area contributed by atoms with Gasteiger partial charge in [0.05, 0.1) is 5.69 Å². The smallest absolute Gasteiger partial charge is 0.148 e. The molecule has 3 rings (SSSR count). The van der Waals surface area contributed by atoms with E-state index in [1.807, 2.05) is 13.0 Å². The summed E-state index contributed by atoms with van der Waals surface area (Å²) in [7, 11) is 2.13. The Morgan fingerprint density at radius 1 is 1.35 bits per heavy atom. The molecule has 4 nitrogen and oxygen atoms in total. The maximum absolute atomic E-state index is 13.4. The normalized spacial score (nSPS) is 20.2. The lowest BCUT2D eigenvalue weighted by atomic mass is 9.97. The largest absolute Gasteiger partial charge is 0.306 e. The van der Waals surface area contributed by atoms with Crippen LogP contribution < -0.4 is 0 Å². The number of aromatic nitrogens is 3. The van der Waals surface area contributed by atoms with Gasteiger partial charge in [-0.3, -0.25) is 0 Å². The van der Waals surface area contributed by atoms with E-state index in [1.165, 1.54) is 12.1 Å². The Balaban J connectivity index is 1.99. The Morgan fingerprint density at radius 2 is 2.20 bits per heavy atom. The molecule has 5 heteroatoms. The van der Waals surface area contributed by atoms with E-state index in [4.69, 9.17) is 0 Å². The van der Waals surface area contributed by atoms with Gasteiger partial charge < -0.3 is 4.90 Å². The molecule has 2 heterocycles. The van der Waals surface area contributed by atoms with Crippen molar-refractivity contribution in [2.24, 2.45) is 0 Å². The third-order valence-corrected chi connectivity index (χ3v) is 3.78. The molecule has 1 fully saturated rings. The zero-order valence-corrected chi connectivity index (χ0v) is 11.9. The number of aryl methyl sites for hydroxylation is 1. The number of nitrogens with zero attached hydrogens (tertiary/aromatic N) is 4. The van der Waals surface area contributed by atoms with Gasteiger partial charge in [0.15, 0.2) is 0 Å². The summed E-state index contributed by atoms with van der Waals surface area (Å²) in [5, 5.41) is 4.44. The highest BCUT2D eigenvalue weighted by molar-refractivity contribution is 5.32. The quantitative estimate of drug-likeness (QED) is 0.844. The van der Waals surface area contributed by atoms with Gasteiger partial charge >= 0.3 is 0 Å². The summed E-state index contributed by atoms with van der Waals surface area (Å²) in [6, 6.07) is 6.53. The SMILES string of the molecule is Cc1nc(C2CCCN(C)C2)n(-c2cccc(F)c2)n1. The van der Waals surface area contributed by atoms with E-state index in [0.29, 0.717) is 5.92 Å². The van der Waals surface area contributed by atoms with Crippen LogP contribution in [0.3, 0.4) is 0 Å². The molecule has 0 bridgehead atoms. The van der Waals surface area contributed by atoms with Crippen LogP contribution in [-0.4, -0.2) is 39.8 Å². The lowest BCUT2D eigenvalue weighted by Gasteiger charge is -2.29. The fraction of sp³-hybridized carbons (Fsp3) is 0.467. The molecule has 20 heavy (non-hydrogen) atoms.